The Balaban J connectivity index is 0.000000550. The van der Waals surface area contributed by atoms with Crippen LogP contribution in [0.4, 0.5) is 22.7 Å². The van der Waals surface area contributed by atoms with Gasteiger partial charge in [0.15, 0.2) is 0 Å². The van der Waals surface area contributed by atoms with E-state index in [1.807, 2.05) is 24.3 Å². The molecule has 0 aliphatic rings. The minimum atomic E-state index is 0.250. The molecule has 2 aromatic rings. The zero-order valence-electron chi connectivity index (χ0n) is 10.9. The molecule has 0 aromatic heterocycles. The SMILES string of the molecule is CCO.Nc1ccc(-c2ccc(N)c(N)c2)cc1N. The van der Waals surface area contributed by atoms with Gasteiger partial charge in [-0.25, -0.2) is 0 Å². The van der Waals surface area contributed by atoms with Crippen molar-refractivity contribution in [1.29, 1.82) is 0 Å². The van der Waals surface area contributed by atoms with Crippen LogP contribution in [0.3, 0.4) is 0 Å². The topological polar surface area (TPSA) is 124 Å². The van der Waals surface area contributed by atoms with Gasteiger partial charge in [0.05, 0.1) is 22.7 Å². The number of nitrogens with two attached hydrogens (primary N) is 4. The minimum absolute atomic E-state index is 0.250. The standard InChI is InChI=1S/C12H14N4.C2H6O/c13-9-3-1-7(5-11(9)15)8-2-4-10(14)12(16)6-8;1-2-3/h1-6H,13-16H2;3H,2H2,1H3. The molecule has 0 fully saturated rings. The van der Waals surface area contributed by atoms with Crippen molar-refractivity contribution in [3.63, 3.8) is 0 Å². The number of nitrogen functional groups attached to an aromatic ring is 4. The van der Waals surface area contributed by atoms with E-state index in [1.165, 1.54) is 0 Å². The molecule has 0 saturated carbocycles. The van der Waals surface area contributed by atoms with Crippen molar-refractivity contribution >= 4 is 22.7 Å². The van der Waals surface area contributed by atoms with Crippen molar-refractivity contribution in [2.75, 3.05) is 29.5 Å². The van der Waals surface area contributed by atoms with E-state index in [1.54, 1.807) is 19.1 Å². The molecule has 0 amide bonds. The lowest BCUT2D eigenvalue weighted by Crippen LogP contribution is -1.96. The Morgan fingerprint density at radius 3 is 1.32 bits per heavy atom. The van der Waals surface area contributed by atoms with E-state index in [4.69, 9.17) is 28.0 Å². The Morgan fingerprint density at radius 1 is 0.737 bits per heavy atom. The number of benzene rings is 2. The second kappa shape index (κ2) is 6.51. The third-order valence-electron chi connectivity index (χ3n) is 2.51. The number of aliphatic hydroxyl groups is 1. The molecule has 2 aromatic carbocycles. The summed E-state index contributed by atoms with van der Waals surface area (Å²) in [6.07, 6.45) is 0. The quantitative estimate of drug-likeness (QED) is 0.499. The summed E-state index contributed by atoms with van der Waals surface area (Å²) in [4.78, 5) is 0. The molecule has 0 aliphatic heterocycles. The van der Waals surface area contributed by atoms with E-state index in [0.29, 0.717) is 22.7 Å². The van der Waals surface area contributed by atoms with Crippen molar-refractivity contribution in [3.8, 4) is 11.1 Å². The predicted molar refractivity (Wildman–Crippen MR) is 82.3 cm³/mol. The lowest BCUT2D eigenvalue weighted by Gasteiger charge is -2.07. The summed E-state index contributed by atoms with van der Waals surface area (Å²) >= 11 is 0. The number of anilines is 4. The highest BCUT2D eigenvalue weighted by atomic mass is 16.2. The van der Waals surface area contributed by atoms with Crippen LogP contribution in [-0.2, 0) is 0 Å². The third kappa shape index (κ3) is 3.79. The molecular weight excluding hydrogens is 240 g/mol. The highest BCUT2D eigenvalue weighted by molar-refractivity contribution is 5.78. The summed E-state index contributed by atoms with van der Waals surface area (Å²) in [7, 11) is 0. The fourth-order valence-electron chi connectivity index (χ4n) is 1.51. The fraction of sp³-hybridized carbons (Fsp3) is 0.143. The van der Waals surface area contributed by atoms with Gasteiger partial charge in [-0.2, -0.15) is 0 Å². The molecule has 0 radical (unpaired) electrons. The highest BCUT2D eigenvalue weighted by Crippen LogP contribution is 2.28. The molecule has 2 rings (SSSR count). The first-order chi connectivity index (χ1) is 8.99. The van der Waals surface area contributed by atoms with Crippen LogP contribution in [-0.4, -0.2) is 11.7 Å². The monoisotopic (exact) mass is 260 g/mol. The van der Waals surface area contributed by atoms with Gasteiger partial charge in [0.25, 0.3) is 0 Å². The van der Waals surface area contributed by atoms with E-state index in [9.17, 15) is 0 Å². The van der Waals surface area contributed by atoms with Crippen LogP contribution in [0.15, 0.2) is 36.4 Å². The molecule has 0 spiro atoms. The molecule has 0 bridgehead atoms. The largest absolute Gasteiger partial charge is 0.397 e. The average molecular weight is 260 g/mol. The Morgan fingerprint density at radius 2 is 1.05 bits per heavy atom. The smallest absolute Gasteiger partial charge is 0.0554 e. The molecule has 5 heteroatoms. The number of hydrogen-bond donors (Lipinski definition) is 5. The molecule has 0 unspecified atom stereocenters. The highest BCUT2D eigenvalue weighted by Gasteiger charge is 2.02. The fourth-order valence-corrected chi connectivity index (χ4v) is 1.51. The number of hydrogen-bond acceptors (Lipinski definition) is 5. The van der Waals surface area contributed by atoms with Gasteiger partial charge < -0.3 is 28.0 Å². The molecule has 0 heterocycles. The molecule has 0 aliphatic carbocycles. The summed E-state index contributed by atoms with van der Waals surface area (Å²) in [6.45, 7) is 1.93. The first-order valence-corrected chi connectivity index (χ1v) is 5.90. The van der Waals surface area contributed by atoms with E-state index in [2.05, 4.69) is 0 Å². The maximum atomic E-state index is 7.57. The first-order valence-electron chi connectivity index (χ1n) is 5.90. The molecule has 5 nitrogen and oxygen atoms in total. The van der Waals surface area contributed by atoms with Crippen LogP contribution < -0.4 is 22.9 Å². The zero-order chi connectivity index (χ0) is 14.4. The summed E-state index contributed by atoms with van der Waals surface area (Å²) in [5.74, 6) is 0. The Hall–Kier alpha value is -2.40. The molecule has 0 atom stereocenters. The van der Waals surface area contributed by atoms with Gasteiger partial charge in [-0.05, 0) is 42.3 Å². The Labute approximate surface area is 112 Å². The molecular formula is C14H20N4O. The number of aliphatic hydroxyl groups excluding tert-OH is 1. The first kappa shape index (κ1) is 14.7. The second-order valence-corrected chi connectivity index (χ2v) is 4.00. The molecule has 9 N–H and O–H groups in total. The predicted octanol–water partition coefficient (Wildman–Crippen LogP) is 1.68. The van der Waals surface area contributed by atoms with Crippen molar-refractivity contribution in [1.82, 2.24) is 0 Å². The molecule has 19 heavy (non-hydrogen) atoms. The maximum absolute atomic E-state index is 7.57. The van der Waals surface area contributed by atoms with Crippen LogP contribution in [0.2, 0.25) is 0 Å². The van der Waals surface area contributed by atoms with Crippen molar-refractivity contribution in [2.24, 2.45) is 0 Å². The van der Waals surface area contributed by atoms with Gasteiger partial charge in [0, 0.05) is 6.61 Å². The van der Waals surface area contributed by atoms with Crippen LogP contribution in [0.5, 0.6) is 0 Å². The van der Waals surface area contributed by atoms with E-state index in [0.717, 1.165) is 11.1 Å². The minimum Gasteiger partial charge on any atom is -0.397 e. The zero-order valence-corrected chi connectivity index (χ0v) is 10.9. The van der Waals surface area contributed by atoms with Gasteiger partial charge in [0.1, 0.15) is 0 Å². The summed E-state index contributed by atoms with van der Waals surface area (Å²) < 4.78 is 0. The van der Waals surface area contributed by atoms with Crippen LogP contribution >= 0.6 is 0 Å². The van der Waals surface area contributed by atoms with Crippen molar-refractivity contribution in [2.45, 2.75) is 6.92 Å². The third-order valence-corrected chi connectivity index (χ3v) is 2.51. The van der Waals surface area contributed by atoms with Gasteiger partial charge >= 0.3 is 0 Å². The van der Waals surface area contributed by atoms with Crippen molar-refractivity contribution in [3.05, 3.63) is 36.4 Å². The van der Waals surface area contributed by atoms with Gasteiger partial charge in [-0.15, -0.1) is 0 Å². The van der Waals surface area contributed by atoms with Gasteiger partial charge in [-0.1, -0.05) is 12.1 Å². The maximum Gasteiger partial charge on any atom is 0.0554 e. The normalized spacial score (nSPS) is 9.58. The van der Waals surface area contributed by atoms with Crippen molar-refractivity contribution < 1.29 is 5.11 Å². The molecule has 102 valence electrons. The summed E-state index contributed by atoms with van der Waals surface area (Å²) in [5.41, 5.74) is 27.0. The summed E-state index contributed by atoms with van der Waals surface area (Å²) in [6, 6.07) is 11.0. The van der Waals surface area contributed by atoms with Crippen LogP contribution in [0, 0.1) is 0 Å². The Bertz CT molecular complexity index is 506. The van der Waals surface area contributed by atoms with Crippen LogP contribution in [0.25, 0.3) is 11.1 Å². The summed E-state index contributed by atoms with van der Waals surface area (Å²) in [5, 5.41) is 7.57. The lowest BCUT2D eigenvalue weighted by atomic mass is 10.0. The number of rotatable bonds is 1. The van der Waals surface area contributed by atoms with Crippen LogP contribution in [0.1, 0.15) is 6.92 Å². The lowest BCUT2D eigenvalue weighted by molar-refractivity contribution is 0.318. The van der Waals surface area contributed by atoms with E-state index >= 15 is 0 Å². The average Bonchev–Trinajstić information content (AvgIpc) is 2.37. The van der Waals surface area contributed by atoms with Gasteiger partial charge in [-0.3, -0.25) is 0 Å². The molecule has 0 saturated heterocycles. The van der Waals surface area contributed by atoms with E-state index in [-0.39, 0.29) is 6.61 Å². The second-order valence-electron chi connectivity index (χ2n) is 4.00. The van der Waals surface area contributed by atoms with Gasteiger partial charge in [0.2, 0.25) is 0 Å². The van der Waals surface area contributed by atoms with E-state index < -0.39 is 0 Å². The Kier molecular flexibility index (Phi) is 5.02.